The van der Waals surface area contributed by atoms with Gasteiger partial charge in [0.05, 0.1) is 0 Å². The molecule has 12 heavy (non-hydrogen) atoms. The number of nitrogens with one attached hydrogen (secondary N) is 1. The number of hydrogen-bond acceptors (Lipinski definition) is 4. The highest BCUT2D eigenvalue weighted by Crippen LogP contribution is 2.18. The van der Waals surface area contributed by atoms with Crippen molar-refractivity contribution in [2.24, 2.45) is 0 Å². The summed E-state index contributed by atoms with van der Waals surface area (Å²) < 4.78 is 0. The first-order valence-electron chi connectivity index (χ1n) is 4.14. The summed E-state index contributed by atoms with van der Waals surface area (Å²) in [6.45, 7) is 0.852. The largest absolute Gasteiger partial charge is 0.368 e. The minimum Gasteiger partial charge on any atom is -0.368 e. The van der Waals surface area contributed by atoms with Crippen LogP contribution in [0.2, 0.25) is 0 Å². The highest BCUT2D eigenvalue weighted by atomic mass is 15.0. The molecule has 0 amide bonds. The number of aromatic nitrogens is 2. The Labute approximate surface area is 71.2 Å². The molecule has 0 bridgehead atoms. The van der Waals surface area contributed by atoms with E-state index in [0.717, 1.165) is 18.2 Å². The van der Waals surface area contributed by atoms with Gasteiger partial charge >= 0.3 is 0 Å². The topological polar surface area (TPSA) is 63.8 Å². The third-order valence-electron chi connectivity index (χ3n) is 1.90. The highest BCUT2D eigenvalue weighted by molar-refractivity contribution is 5.17. The minimum absolute atomic E-state index is 0.338. The van der Waals surface area contributed by atoms with Crippen molar-refractivity contribution in [2.75, 3.05) is 5.73 Å². The van der Waals surface area contributed by atoms with Crippen LogP contribution >= 0.6 is 0 Å². The number of rotatable bonds is 3. The smallest absolute Gasteiger partial charge is 0.219 e. The fourth-order valence-electron chi connectivity index (χ4n) is 1.01. The quantitative estimate of drug-likeness (QED) is 0.675. The lowest BCUT2D eigenvalue weighted by Gasteiger charge is -2.01. The Morgan fingerprint density at radius 2 is 2.08 bits per heavy atom. The maximum Gasteiger partial charge on any atom is 0.219 e. The molecule has 0 radical (unpaired) electrons. The van der Waals surface area contributed by atoms with E-state index < -0.39 is 0 Å². The van der Waals surface area contributed by atoms with Crippen LogP contribution in [-0.4, -0.2) is 16.0 Å². The van der Waals surface area contributed by atoms with Crippen molar-refractivity contribution in [3.63, 3.8) is 0 Å². The van der Waals surface area contributed by atoms with E-state index in [1.807, 2.05) is 0 Å². The van der Waals surface area contributed by atoms with E-state index in [-0.39, 0.29) is 0 Å². The summed E-state index contributed by atoms with van der Waals surface area (Å²) in [7, 11) is 0. The zero-order valence-electron chi connectivity index (χ0n) is 6.83. The molecule has 1 aromatic heterocycles. The van der Waals surface area contributed by atoms with Gasteiger partial charge in [0.1, 0.15) is 0 Å². The van der Waals surface area contributed by atoms with Gasteiger partial charge in [0.25, 0.3) is 0 Å². The molecule has 2 rings (SSSR count). The fourth-order valence-corrected chi connectivity index (χ4v) is 1.01. The maximum atomic E-state index is 5.35. The van der Waals surface area contributed by atoms with Crippen LogP contribution in [0.3, 0.4) is 0 Å². The van der Waals surface area contributed by atoms with E-state index in [9.17, 15) is 0 Å². The van der Waals surface area contributed by atoms with E-state index in [1.165, 1.54) is 12.8 Å². The predicted octanol–water partition coefficient (Wildman–Crippen LogP) is 0.311. The van der Waals surface area contributed by atoms with Gasteiger partial charge in [-0.2, -0.15) is 0 Å². The standard InChI is InChI=1S/C8H12N4/c9-8-11-4-6(5-12-8)3-10-7-1-2-7/h4-5,7,10H,1-3H2,(H2,9,11,12). The Hall–Kier alpha value is -1.16. The number of nitrogen functional groups attached to an aromatic ring is 1. The molecule has 0 atom stereocenters. The zero-order valence-corrected chi connectivity index (χ0v) is 6.83. The molecular formula is C8H12N4. The monoisotopic (exact) mass is 164 g/mol. The van der Waals surface area contributed by atoms with Crippen LogP contribution in [0.25, 0.3) is 0 Å². The molecule has 0 unspecified atom stereocenters. The summed E-state index contributed by atoms with van der Waals surface area (Å²) in [6.07, 6.45) is 6.13. The second-order valence-electron chi connectivity index (χ2n) is 3.10. The molecule has 1 saturated carbocycles. The molecule has 1 aliphatic rings. The van der Waals surface area contributed by atoms with Gasteiger partial charge in [-0.25, -0.2) is 9.97 Å². The Morgan fingerprint density at radius 3 is 2.67 bits per heavy atom. The van der Waals surface area contributed by atoms with Crippen molar-refractivity contribution in [1.29, 1.82) is 0 Å². The second-order valence-corrected chi connectivity index (χ2v) is 3.10. The van der Waals surface area contributed by atoms with Crippen LogP contribution in [0.5, 0.6) is 0 Å². The third-order valence-corrected chi connectivity index (χ3v) is 1.90. The molecule has 1 aliphatic carbocycles. The number of anilines is 1. The first kappa shape index (κ1) is 7.49. The Kier molecular flexibility index (Phi) is 1.91. The molecule has 0 saturated heterocycles. The summed E-state index contributed by atoms with van der Waals surface area (Å²) in [5, 5.41) is 3.37. The van der Waals surface area contributed by atoms with Crippen LogP contribution in [0.15, 0.2) is 12.4 Å². The van der Waals surface area contributed by atoms with Crippen molar-refractivity contribution in [1.82, 2.24) is 15.3 Å². The van der Waals surface area contributed by atoms with Gasteiger partial charge in [0.15, 0.2) is 0 Å². The van der Waals surface area contributed by atoms with Gasteiger partial charge in [0.2, 0.25) is 5.95 Å². The molecule has 4 nitrogen and oxygen atoms in total. The summed E-state index contributed by atoms with van der Waals surface area (Å²) >= 11 is 0. The lowest BCUT2D eigenvalue weighted by atomic mass is 10.3. The molecule has 1 heterocycles. The minimum atomic E-state index is 0.338. The van der Waals surface area contributed by atoms with Gasteiger partial charge in [-0.3, -0.25) is 0 Å². The highest BCUT2D eigenvalue weighted by Gasteiger charge is 2.19. The van der Waals surface area contributed by atoms with E-state index in [1.54, 1.807) is 12.4 Å². The average molecular weight is 164 g/mol. The summed E-state index contributed by atoms with van der Waals surface area (Å²) in [5.74, 6) is 0.338. The summed E-state index contributed by atoms with van der Waals surface area (Å²) in [4.78, 5) is 7.81. The van der Waals surface area contributed by atoms with E-state index >= 15 is 0 Å². The molecule has 1 aromatic rings. The fraction of sp³-hybridized carbons (Fsp3) is 0.500. The van der Waals surface area contributed by atoms with Gasteiger partial charge in [-0.05, 0) is 12.8 Å². The normalized spacial score (nSPS) is 16.3. The van der Waals surface area contributed by atoms with Crippen LogP contribution in [0, 0.1) is 0 Å². The van der Waals surface area contributed by atoms with Gasteiger partial charge in [0, 0.05) is 30.5 Å². The lowest BCUT2D eigenvalue weighted by molar-refractivity contribution is 0.684. The lowest BCUT2D eigenvalue weighted by Crippen LogP contribution is -2.15. The second kappa shape index (κ2) is 3.06. The Balaban J connectivity index is 1.89. The molecule has 1 fully saturated rings. The number of nitrogens with two attached hydrogens (primary N) is 1. The predicted molar refractivity (Wildman–Crippen MR) is 46.3 cm³/mol. The number of hydrogen-bond donors (Lipinski definition) is 2. The molecule has 0 spiro atoms. The van der Waals surface area contributed by atoms with Gasteiger partial charge < -0.3 is 11.1 Å². The van der Waals surface area contributed by atoms with Crippen LogP contribution < -0.4 is 11.1 Å². The Morgan fingerprint density at radius 1 is 1.42 bits per heavy atom. The average Bonchev–Trinajstić information content (AvgIpc) is 2.87. The number of nitrogens with zero attached hydrogens (tertiary/aromatic N) is 2. The maximum absolute atomic E-state index is 5.35. The van der Waals surface area contributed by atoms with Gasteiger partial charge in [-0.1, -0.05) is 0 Å². The SMILES string of the molecule is Nc1ncc(CNC2CC2)cn1. The zero-order chi connectivity index (χ0) is 8.39. The molecule has 3 N–H and O–H groups in total. The van der Waals surface area contributed by atoms with E-state index in [0.29, 0.717) is 5.95 Å². The summed E-state index contributed by atoms with van der Waals surface area (Å²) in [6, 6.07) is 0.725. The molecule has 64 valence electrons. The van der Waals surface area contributed by atoms with Crippen molar-refractivity contribution in [3.8, 4) is 0 Å². The van der Waals surface area contributed by atoms with Crippen molar-refractivity contribution in [3.05, 3.63) is 18.0 Å². The van der Waals surface area contributed by atoms with Crippen LogP contribution in [-0.2, 0) is 6.54 Å². The van der Waals surface area contributed by atoms with E-state index in [2.05, 4.69) is 15.3 Å². The first-order chi connectivity index (χ1) is 5.84. The Bertz CT molecular complexity index is 252. The molecule has 0 aromatic carbocycles. The van der Waals surface area contributed by atoms with Crippen molar-refractivity contribution < 1.29 is 0 Å². The van der Waals surface area contributed by atoms with Gasteiger partial charge in [-0.15, -0.1) is 0 Å². The molecular weight excluding hydrogens is 152 g/mol. The van der Waals surface area contributed by atoms with Crippen LogP contribution in [0.4, 0.5) is 5.95 Å². The molecule has 4 heteroatoms. The molecule has 0 aliphatic heterocycles. The third kappa shape index (κ3) is 1.92. The first-order valence-corrected chi connectivity index (χ1v) is 4.14. The van der Waals surface area contributed by atoms with Crippen molar-refractivity contribution >= 4 is 5.95 Å². The van der Waals surface area contributed by atoms with E-state index in [4.69, 9.17) is 5.73 Å². The van der Waals surface area contributed by atoms with Crippen molar-refractivity contribution in [2.45, 2.75) is 25.4 Å². The summed E-state index contributed by atoms with van der Waals surface area (Å²) in [5.41, 5.74) is 6.45. The van der Waals surface area contributed by atoms with Crippen LogP contribution in [0.1, 0.15) is 18.4 Å².